The summed E-state index contributed by atoms with van der Waals surface area (Å²) in [6.07, 6.45) is 2.09. The molecule has 0 amide bonds. The number of anilines is 1. The van der Waals surface area contributed by atoms with Gasteiger partial charge in [0.25, 0.3) is 0 Å². The first-order valence-corrected chi connectivity index (χ1v) is 5.29. The minimum atomic E-state index is -0.812. The summed E-state index contributed by atoms with van der Waals surface area (Å²) >= 11 is 0. The molecule has 0 aliphatic carbocycles. The van der Waals surface area contributed by atoms with Crippen molar-refractivity contribution in [1.82, 2.24) is 4.98 Å². The Balaban J connectivity index is 2.62. The molecule has 1 aromatic heterocycles. The van der Waals surface area contributed by atoms with E-state index in [0.717, 1.165) is 0 Å². The molecule has 5 heteroatoms. The molecule has 1 rings (SSSR count). The van der Waals surface area contributed by atoms with Crippen LogP contribution in [0.5, 0.6) is 0 Å². The van der Waals surface area contributed by atoms with E-state index < -0.39 is 5.97 Å². The Morgan fingerprint density at radius 1 is 1.59 bits per heavy atom. The van der Waals surface area contributed by atoms with Crippen molar-refractivity contribution < 1.29 is 9.90 Å². The topological polar surface area (TPSA) is 86.0 Å². The van der Waals surface area contributed by atoms with E-state index in [-0.39, 0.29) is 12.0 Å². The summed E-state index contributed by atoms with van der Waals surface area (Å²) in [4.78, 5) is 14.6. The monoisotopic (exact) mass is 233 g/mol. The molecule has 0 unspecified atom stereocenters. The number of rotatable bonds is 5. The Labute approximate surface area is 100 Å². The van der Waals surface area contributed by atoms with Gasteiger partial charge in [-0.15, -0.1) is 0 Å². The number of carboxylic acid groups (broad SMARTS) is 1. The third kappa shape index (κ3) is 4.51. The lowest BCUT2D eigenvalue weighted by atomic mass is 9.98. The van der Waals surface area contributed by atoms with Gasteiger partial charge >= 0.3 is 5.97 Å². The zero-order chi connectivity index (χ0) is 12.9. The first kappa shape index (κ1) is 13.0. The van der Waals surface area contributed by atoms with Crippen molar-refractivity contribution in [3.05, 3.63) is 23.9 Å². The van der Waals surface area contributed by atoms with Crippen LogP contribution in [0.25, 0.3) is 0 Å². The SMILES string of the molecule is CC(C)(CCC(=O)O)Nc1ccc(C#N)cn1. The summed E-state index contributed by atoms with van der Waals surface area (Å²) in [6.45, 7) is 3.83. The van der Waals surface area contributed by atoms with Crippen molar-refractivity contribution in [2.45, 2.75) is 32.2 Å². The highest BCUT2D eigenvalue weighted by Crippen LogP contribution is 2.18. The van der Waals surface area contributed by atoms with Crippen LogP contribution in [0.1, 0.15) is 32.3 Å². The second kappa shape index (κ2) is 5.30. The number of carboxylic acids is 1. The number of pyridine rings is 1. The fraction of sp³-hybridized carbons (Fsp3) is 0.417. The maximum atomic E-state index is 10.5. The van der Waals surface area contributed by atoms with Crippen molar-refractivity contribution in [1.29, 1.82) is 5.26 Å². The largest absolute Gasteiger partial charge is 0.481 e. The Morgan fingerprint density at radius 2 is 2.29 bits per heavy atom. The van der Waals surface area contributed by atoms with E-state index in [9.17, 15) is 4.79 Å². The standard InChI is InChI=1S/C12H15N3O2/c1-12(2,6-5-11(16)17)15-10-4-3-9(7-13)8-14-10/h3-4,8H,5-6H2,1-2H3,(H,14,15)(H,16,17). The molecular weight excluding hydrogens is 218 g/mol. The average Bonchev–Trinajstić information content (AvgIpc) is 2.27. The van der Waals surface area contributed by atoms with E-state index in [0.29, 0.717) is 17.8 Å². The predicted octanol–water partition coefficient (Wildman–Crippen LogP) is 2.01. The number of nitriles is 1. The molecule has 0 aromatic carbocycles. The smallest absolute Gasteiger partial charge is 0.303 e. The van der Waals surface area contributed by atoms with Gasteiger partial charge in [0.15, 0.2) is 0 Å². The van der Waals surface area contributed by atoms with E-state index >= 15 is 0 Å². The third-order valence-corrected chi connectivity index (χ3v) is 2.32. The maximum absolute atomic E-state index is 10.5. The van der Waals surface area contributed by atoms with Crippen molar-refractivity contribution >= 4 is 11.8 Å². The zero-order valence-corrected chi connectivity index (χ0v) is 9.90. The lowest BCUT2D eigenvalue weighted by Crippen LogP contribution is -2.31. The summed E-state index contributed by atoms with van der Waals surface area (Å²) in [5, 5.41) is 20.4. The number of aliphatic carboxylic acids is 1. The molecule has 0 aliphatic heterocycles. The molecule has 90 valence electrons. The molecular formula is C12H15N3O2. The molecule has 0 saturated heterocycles. The molecule has 0 spiro atoms. The highest BCUT2D eigenvalue weighted by molar-refractivity contribution is 5.66. The van der Waals surface area contributed by atoms with E-state index in [1.165, 1.54) is 6.20 Å². The number of nitrogens with zero attached hydrogens (tertiary/aromatic N) is 2. The predicted molar refractivity (Wildman–Crippen MR) is 63.5 cm³/mol. The van der Waals surface area contributed by atoms with Crippen LogP contribution in [0.15, 0.2) is 18.3 Å². The normalized spacial score (nSPS) is 10.6. The quantitative estimate of drug-likeness (QED) is 0.812. The van der Waals surface area contributed by atoms with Crippen LogP contribution in [-0.4, -0.2) is 21.6 Å². The fourth-order valence-electron chi connectivity index (χ4n) is 1.36. The van der Waals surface area contributed by atoms with Crippen molar-refractivity contribution in [2.75, 3.05) is 5.32 Å². The first-order chi connectivity index (χ1) is 7.93. The minimum absolute atomic E-state index is 0.107. The van der Waals surface area contributed by atoms with Gasteiger partial charge in [0.1, 0.15) is 11.9 Å². The van der Waals surface area contributed by atoms with Crippen LogP contribution in [0.4, 0.5) is 5.82 Å². The van der Waals surface area contributed by atoms with Crippen molar-refractivity contribution in [2.24, 2.45) is 0 Å². The van der Waals surface area contributed by atoms with Crippen LogP contribution in [-0.2, 0) is 4.79 Å². The lowest BCUT2D eigenvalue weighted by molar-refractivity contribution is -0.137. The number of carbonyl (C=O) groups is 1. The van der Waals surface area contributed by atoms with Gasteiger partial charge in [-0.05, 0) is 32.4 Å². The molecule has 17 heavy (non-hydrogen) atoms. The molecule has 0 atom stereocenters. The van der Waals surface area contributed by atoms with Crippen LogP contribution >= 0.6 is 0 Å². The highest BCUT2D eigenvalue weighted by atomic mass is 16.4. The number of hydrogen-bond acceptors (Lipinski definition) is 4. The fourth-order valence-corrected chi connectivity index (χ4v) is 1.36. The van der Waals surface area contributed by atoms with Crippen LogP contribution in [0.3, 0.4) is 0 Å². The third-order valence-electron chi connectivity index (χ3n) is 2.32. The molecule has 0 aliphatic rings. The molecule has 1 heterocycles. The molecule has 0 fully saturated rings. The number of nitrogens with one attached hydrogen (secondary N) is 1. The molecule has 1 aromatic rings. The van der Waals surface area contributed by atoms with Crippen LogP contribution in [0, 0.1) is 11.3 Å². The van der Waals surface area contributed by atoms with Gasteiger partial charge in [-0.1, -0.05) is 0 Å². The van der Waals surface area contributed by atoms with Gasteiger partial charge < -0.3 is 10.4 Å². The van der Waals surface area contributed by atoms with Crippen molar-refractivity contribution in [3.63, 3.8) is 0 Å². The van der Waals surface area contributed by atoms with E-state index in [1.54, 1.807) is 12.1 Å². The zero-order valence-electron chi connectivity index (χ0n) is 9.90. The second-order valence-corrected chi connectivity index (χ2v) is 4.45. The Bertz CT molecular complexity index is 432. The molecule has 0 saturated carbocycles. The van der Waals surface area contributed by atoms with E-state index in [1.807, 2.05) is 19.9 Å². The Kier molecular flexibility index (Phi) is 4.05. The maximum Gasteiger partial charge on any atom is 0.303 e. The van der Waals surface area contributed by atoms with Gasteiger partial charge in [-0.3, -0.25) is 4.79 Å². The van der Waals surface area contributed by atoms with Crippen LogP contribution in [0.2, 0.25) is 0 Å². The molecule has 0 radical (unpaired) electrons. The van der Waals surface area contributed by atoms with Gasteiger partial charge in [0.05, 0.1) is 5.56 Å². The Hall–Kier alpha value is -2.09. The number of aromatic nitrogens is 1. The Morgan fingerprint density at radius 3 is 2.76 bits per heavy atom. The van der Waals surface area contributed by atoms with Gasteiger partial charge in [0, 0.05) is 18.2 Å². The summed E-state index contributed by atoms with van der Waals surface area (Å²) in [6, 6.07) is 5.37. The summed E-state index contributed by atoms with van der Waals surface area (Å²) in [7, 11) is 0. The molecule has 0 bridgehead atoms. The van der Waals surface area contributed by atoms with Gasteiger partial charge in [-0.25, -0.2) is 4.98 Å². The first-order valence-electron chi connectivity index (χ1n) is 5.29. The summed E-state index contributed by atoms with van der Waals surface area (Å²) in [5.41, 5.74) is 0.151. The van der Waals surface area contributed by atoms with Crippen LogP contribution < -0.4 is 5.32 Å². The summed E-state index contributed by atoms with van der Waals surface area (Å²) < 4.78 is 0. The van der Waals surface area contributed by atoms with Gasteiger partial charge in [-0.2, -0.15) is 5.26 Å². The van der Waals surface area contributed by atoms with E-state index in [2.05, 4.69) is 10.3 Å². The average molecular weight is 233 g/mol. The van der Waals surface area contributed by atoms with Gasteiger partial charge in [0.2, 0.25) is 0 Å². The van der Waals surface area contributed by atoms with E-state index in [4.69, 9.17) is 10.4 Å². The number of hydrogen-bond donors (Lipinski definition) is 2. The lowest BCUT2D eigenvalue weighted by Gasteiger charge is -2.26. The molecule has 2 N–H and O–H groups in total. The highest BCUT2D eigenvalue weighted by Gasteiger charge is 2.19. The summed E-state index contributed by atoms with van der Waals surface area (Å²) in [5.74, 6) is -0.174. The second-order valence-electron chi connectivity index (χ2n) is 4.45. The van der Waals surface area contributed by atoms with Crippen molar-refractivity contribution in [3.8, 4) is 6.07 Å². The molecule has 5 nitrogen and oxygen atoms in total. The minimum Gasteiger partial charge on any atom is -0.481 e.